The molecule has 0 aromatic rings. The van der Waals surface area contributed by atoms with Crippen molar-refractivity contribution in [3.05, 3.63) is 0 Å². The Morgan fingerprint density at radius 1 is 0.583 bits per heavy atom. The molecule has 1 fully saturated rings. The zero-order valence-electron chi connectivity index (χ0n) is 23.6. The van der Waals surface area contributed by atoms with Crippen molar-refractivity contribution >= 4 is 23.9 Å². The molecule has 1 heterocycles. The van der Waals surface area contributed by atoms with Gasteiger partial charge < -0.3 is 23.7 Å². The normalized spacial score (nSPS) is 25.5. The second-order valence-corrected chi connectivity index (χ2v) is 13.2. The minimum Gasteiger partial charge on any atom is -0.462 e. The summed E-state index contributed by atoms with van der Waals surface area (Å²) in [7, 11) is 0. The van der Waals surface area contributed by atoms with E-state index in [1.54, 1.807) is 83.1 Å². The van der Waals surface area contributed by atoms with Crippen molar-refractivity contribution < 1.29 is 47.3 Å². The summed E-state index contributed by atoms with van der Waals surface area (Å²) in [5.41, 5.74) is -3.84. The van der Waals surface area contributed by atoms with Crippen molar-refractivity contribution in [1.29, 1.82) is 0 Å². The van der Waals surface area contributed by atoms with Gasteiger partial charge in [-0.2, -0.15) is 0 Å². The maximum Gasteiger partial charge on any atom is 0.311 e. The average molecular weight is 519 g/mol. The monoisotopic (exact) mass is 518 g/mol. The molecule has 0 amide bonds. The van der Waals surface area contributed by atoms with Crippen LogP contribution in [0.15, 0.2) is 0 Å². The Labute approximate surface area is 213 Å². The smallest absolute Gasteiger partial charge is 0.311 e. The second-order valence-electron chi connectivity index (χ2n) is 13.2. The quantitative estimate of drug-likeness (QED) is 0.391. The Morgan fingerprint density at radius 3 is 1.28 bits per heavy atom. The first-order valence-electron chi connectivity index (χ1n) is 12.1. The SMILES string of the molecule is CC(C)(C)C(=O)OC[C@H]1O[C@@H](F)[C@@H](OC(=O)C(C)(C)C)[C@@H](OC(=O)C(C)(C)C)[C@@H]1OC(=O)C(C)(C)C. The van der Waals surface area contributed by atoms with E-state index in [9.17, 15) is 19.2 Å². The fraction of sp³-hybridized carbons (Fsp3) is 0.846. The molecule has 0 aliphatic carbocycles. The molecular formula is C26H43FO9. The highest BCUT2D eigenvalue weighted by molar-refractivity contribution is 5.78. The van der Waals surface area contributed by atoms with E-state index >= 15 is 4.39 Å². The van der Waals surface area contributed by atoms with E-state index in [4.69, 9.17) is 23.7 Å². The Balaban J connectivity index is 3.50. The van der Waals surface area contributed by atoms with Crippen molar-refractivity contribution in [3.63, 3.8) is 0 Å². The first-order chi connectivity index (χ1) is 16.0. The number of hydrogen-bond acceptors (Lipinski definition) is 9. The molecule has 1 aliphatic rings. The number of rotatable bonds is 5. The molecule has 208 valence electrons. The number of hydrogen-bond donors (Lipinski definition) is 0. The van der Waals surface area contributed by atoms with Gasteiger partial charge in [0.2, 0.25) is 6.36 Å². The van der Waals surface area contributed by atoms with Crippen LogP contribution in [0, 0.1) is 21.7 Å². The van der Waals surface area contributed by atoms with E-state index in [1.807, 2.05) is 0 Å². The van der Waals surface area contributed by atoms with Gasteiger partial charge in [0, 0.05) is 0 Å². The standard InChI is InChI=1S/C26H43FO9/c1-23(2,3)19(28)32-13-14-15(34-20(29)24(4,5)6)16(35-21(30)25(7,8)9)17(18(27)33-14)36-22(31)26(10,11)12/h14-18H,13H2,1-12H3/t14-,15-,16+,17+,18-/m1/s1. The van der Waals surface area contributed by atoms with Gasteiger partial charge in [-0.05, 0) is 83.1 Å². The van der Waals surface area contributed by atoms with E-state index in [2.05, 4.69) is 0 Å². The Kier molecular flexibility index (Phi) is 9.74. The van der Waals surface area contributed by atoms with Crippen LogP contribution in [-0.2, 0) is 42.9 Å². The summed E-state index contributed by atoms with van der Waals surface area (Å²) in [6, 6.07) is 0. The molecular weight excluding hydrogens is 475 g/mol. The molecule has 0 aromatic heterocycles. The molecule has 0 radical (unpaired) electrons. The number of ether oxygens (including phenoxy) is 5. The summed E-state index contributed by atoms with van der Waals surface area (Å²) < 4.78 is 42.8. The summed E-state index contributed by atoms with van der Waals surface area (Å²) in [5.74, 6) is -2.79. The van der Waals surface area contributed by atoms with Gasteiger partial charge in [0.25, 0.3) is 0 Å². The summed E-state index contributed by atoms with van der Waals surface area (Å²) in [4.78, 5) is 50.7. The fourth-order valence-corrected chi connectivity index (χ4v) is 2.68. The van der Waals surface area contributed by atoms with Crippen molar-refractivity contribution in [2.45, 2.75) is 114 Å². The van der Waals surface area contributed by atoms with Gasteiger partial charge in [0.15, 0.2) is 18.3 Å². The molecule has 1 saturated heterocycles. The van der Waals surface area contributed by atoms with Crippen LogP contribution in [0.2, 0.25) is 0 Å². The molecule has 0 aromatic carbocycles. The molecule has 36 heavy (non-hydrogen) atoms. The van der Waals surface area contributed by atoms with Crippen LogP contribution in [0.3, 0.4) is 0 Å². The maximum atomic E-state index is 15.4. The van der Waals surface area contributed by atoms with Gasteiger partial charge in [-0.3, -0.25) is 19.2 Å². The lowest BCUT2D eigenvalue weighted by Crippen LogP contribution is -2.62. The predicted molar refractivity (Wildman–Crippen MR) is 128 cm³/mol. The van der Waals surface area contributed by atoms with Crippen LogP contribution in [0.1, 0.15) is 83.1 Å². The van der Waals surface area contributed by atoms with Crippen molar-refractivity contribution in [2.24, 2.45) is 21.7 Å². The van der Waals surface area contributed by atoms with Crippen molar-refractivity contribution in [2.75, 3.05) is 6.61 Å². The Morgan fingerprint density at radius 2 is 0.917 bits per heavy atom. The molecule has 1 aliphatic heterocycles. The maximum absolute atomic E-state index is 15.4. The molecule has 9 nitrogen and oxygen atoms in total. The summed E-state index contributed by atoms with van der Waals surface area (Å²) in [5, 5.41) is 0. The van der Waals surface area contributed by atoms with E-state index < -0.39 is 82.9 Å². The second kappa shape index (κ2) is 11.0. The zero-order valence-corrected chi connectivity index (χ0v) is 23.6. The van der Waals surface area contributed by atoms with Gasteiger partial charge in [0.05, 0.1) is 21.7 Å². The molecule has 0 unspecified atom stereocenters. The van der Waals surface area contributed by atoms with Crippen LogP contribution in [0.5, 0.6) is 0 Å². The number of esters is 4. The minimum atomic E-state index is -2.25. The number of carbonyl (C=O) groups excluding carboxylic acids is 4. The third-order valence-corrected chi connectivity index (χ3v) is 5.13. The first-order valence-corrected chi connectivity index (χ1v) is 12.1. The van der Waals surface area contributed by atoms with Crippen LogP contribution in [0.25, 0.3) is 0 Å². The Bertz CT molecular complexity index is 824. The van der Waals surface area contributed by atoms with Gasteiger partial charge >= 0.3 is 23.9 Å². The topological polar surface area (TPSA) is 114 Å². The highest BCUT2D eigenvalue weighted by Crippen LogP contribution is 2.34. The van der Waals surface area contributed by atoms with Crippen molar-refractivity contribution in [3.8, 4) is 0 Å². The van der Waals surface area contributed by atoms with Crippen LogP contribution in [0.4, 0.5) is 4.39 Å². The van der Waals surface area contributed by atoms with Gasteiger partial charge in [0.1, 0.15) is 12.7 Å². The highest BCUT2D eigenvalue weighted by atomic mass is 19.1. The number of halogens is 1. The van der Waals surface area contributed by atoms with E-state index in [0.29, 0.717) is 0 Å². The number of alkyl halides is 1. The molecule has 0 N–H and O–H groups in total. The van der Waals surface area contributed by atoms with Crippen LogP contribution in [-0.4, -0.2) is 61.3 Å². The predicted octanol–water partition coefficient (Wildman–Crippen LogP) is 4.14. The lowest BCUT2D eigenvalue weighted by Gasteiger charge is -2.43. The highest BCUT2D eigenvalue weighted by Gasteiger charge is 2.55. The minimum absolute atomic E-state index is 0.484. The third-order valence-electron chi connectivity index (χ3n) is 5.13. The van der Waals surface area contributed by atoms with Crippen LogP contribution >= 0.6 is 0 Å². The number of carbonyl (C=O) groups is 4. The Hall–Kier alpha value is -2.23. The van der Waals surface area contributed by atoms with Gasteiger partial charge in [-0.15, -0.1) is 0 Å². The third kappa shape index (κ3) is 8.71. The molecule has 0 bridgehead atoms. The zero-order chi connectivity index (χ0) is 28.4. The van der Waals surface area contributed by atoms with Crippen LogP contribution < -0.4 is 0 Å². The lowest BCUT2D eigenvalue weighted by molar-refractivity contribution is -0.283. The molecule has 5 atom stereocenters. The average Bonchev–Trinajstić information content (AvgIpc) is 2.67. The summed E-state index contributed by atoms with van der Waals surface area (Å²) in [6.07, 6.45) is -8.30. The molecule has 10 heteroatoms. The largest absolute Gasteiger partial charge is 0.462 e. The molecule has 0 saturated carbocycles. The first kappa shape index (κ1) is 31.8. The van der Waals surface area contributed by atoms with E-state index in [-0.39, 0.29) is 0 Å². The van der Waals surface area contributed by atoms with Gasteiger partial charge in [-0.25, -0.2) is 4.39 Å². The summed E-state index contributed by atoms with van der Waals surface area (Å²) >= 11 is 0. The molecule has 0 spiro atoms. The summed E-state index contributed by atoms with van der Waals surface area (Å²) in [6.45, 7) is 18.8. The molecule has 1 rings (SSSR count). The van der Waals surface area contributed by atoms with E-state index in [0.717, 1.165) is 0 Å². The van der Waals surface area contributed by atoms with E-state index in [1.165, 1.54) is 0 Å². The van der Waals surface area contributed by atoms with Crippen molar-refractivity contribution in [1.82, 2.24) is 0 Å². The van der Waals surface area contributed by atoms with Gasteiger partial charge in [-0.1, -0.05) is 0 Å². The fourth-order valence-electron chi connectivity index (χ4n) is 2.68. The lowest BCUT2D eigenvalue weighted by atomic mass is 9.93.